The van der Waals surface area contributed by atoms with Crippen molar-refractivity contribution in [1.82, 2.24) is 14.7 Å². The summed E-state index contributed by atoms with van der Waals surface area (Å²) in [4.78, 5) is 31.8. The molecular formula is C23H33N3O2. The standard InChI is InChI=1S/C23H33N3O2/c27-21-9-12-23(26(21)19-22(28)25-15-4-5-16-25)11-6-14-24(18-13-23)17-10-20-7-2-1-3-8-20/h1-3,7-8H,4-6,9-19H2/t23-/m0/s1. The van der Waals surface area contributed by atoms with Gasteiger partial charge in [-0.05, 0) is 57.1 Å². The second kappa shape index (κ2) is 8.64. The van der Waals surface area contributed by atoms with Crippen molar-refractivity contribution in [2.75, 3.05) is 39.3 Å². The van der Waals surface area contributed by atoms with Crippen LogP contribution in [0.5, 0.6) is 0 Å². The Balaban J connectivity index is 1.36. The Bertz CT molecular complexity index is 686. The predicted octanol–water partition coefficient (Wildman–Crippen LogP) is 2.70. The quantitative estimate of drug-likeness (QED) is 0.785. The normalized spacial score (nSPS) is 26.2. The highest BCUT2D eigenvalue weighted by atomic mass is 16.2. The topological polar surface area (TPSA) is 43.9 Å². The summed E-state index contributed by atoms with van der Waals surface area (Å²) in [6.45, 7) is 5.21. The van der Waals surface area contributed by atoms with E-state index in [-0.39, 0.29) is 17.4 Å². The van der Waals surface area contributed by atoms with Gasteiger partial charge < -0.3 is 14.7 Å². The van der Waals surface area contributed by atoms with E-state index in [9.17, 15) is 9.59 Å². The van der Waals surface area contributed by atoms with Crippen LogP contribution in [0.4, 0.5) is 0 Å². The van der Waals surface area contributed by atoms with Crippen LogP contribution in [0, 0.1) is 0 Å². The van der Waals surface area contributed by atoms with Gasteiger partial charge in [0.1, 0.15) is 6.54 Å². The summed E-state index contributed by atoms with van der Waals surface area (Å²) in [5.41, 5.74) is 1.30. The fraction of sp³-hybridized carbons (Fsp3) is 0.652. The lowest BCUT2D eigenvalue weighted by atomic mass is 9.87. The Hall–Kier alpha value is -1.88. The summed E-state index contributed by atoms with van der Waals surface area (Å²) < 4.78 is 0. The van der Waals surface area contributed by atoms with Gasteiger partial charge in [-0.3, -0.25) is 9.59 Å². The molecule has 0 unspecified atom stereocenters. The third-order valence-corrected chi connectivity index (χ3v) is 7.00. The molecule has 0 bridgehead atoms. The molecule has 0 N–H and O–H groups in total. The highest BCUT2D eigenvalue weighted by molar-refractivity contribution is 5.87. The molecule has 3 aliphatic rings. The van der Waals surface area contributed by atoms with E-state index in [1.54, 1.807) is 0 Å². The molecule has 2 amide bonds. The van der Waals surface area contributed by atoms with Gasteiger partial charge in [-0.25, -0.2) is 0 Å². The number of carbonyl (C=O) groups is 2. The summed E-state index contributed by atoms with van der Waals surface area (Å²) in [5.74, 6) is 0.336. The number of hydrogen-bond acceptors (Lipinski definition) is 3. The Morgan fingerprint density at radius 3 is 2.50 bits per heavy atom. The minimum absolute atomic E-state index is 0.0893. The molecule has 28 heavy (non-hydrogen) atoms. The first kappa shape index (κ1) is 19.4. The molecule has 0 saturated carbocycles. The van der Waals surface area contributed by atoms with Crippen LogP contribution in [0.25, 0.3) is 0 Å². The van der Waals surface area contributed by atoms with E-state index in [1.165, 1.54) is 5.56 Å². The maximum Gasteiger partial charge on any atom is 0.242 e. The van der Waals surface area contributed by atoms with Crippen molar-refractivity contribution in [3.63, 3.8) is 0 Å². The van der Waals surface area contributed by atoms with Crippen LogP contribution in [0.3, 0.4) is 0 Å². The number of benzene rings is 1. The zero-order valence-electron chi connectivity index (χ0n) is 16.9. The molecule has 5 heteroatoms. The van der Waals surface area contributed by atoms with E-state index in [0.29, 0.717) is 13.0 Å². The minimum Gasteiger partial charge on any atom is -0.341 e. The van der Waals surface area contributed by atoms with Gasteiger partial charge in [-0.2, -0.15) is 0 Å². The third kappa shape index (κ3) is 4.24. The van der Waals surface area contributed by atoms with E-state index in [1.807, 2.05) is 9.80 Å². The second-order valence-corrected chi connectivity index (χ2v) is 8.72. The first-order valence-electron chi connectivity index (χ1n) is 11.0. The Kier molecular flexibility index (Phi) is 6.00. The third-order valence-electron chi connectivity index (χ3n) is 7.00. The molecule has 0 aromatic heterocycles. The average Bonchev–Trinajstić information content (AvgIpc) is 3.29. The summed E-state index contributed by atoms with van der Waals surface area (Å²) in [7, 11) is 0. The van der Waals surface area contributed by atoms with E-state index in [4.69, 9.17) is 0 Å². The first-order chi connectivity index (χ1) is 13.7. The Labute approximate surface area is 168 Å². The fourth-order valence-electron chi connectivity index (χ4n) is 5.24. The number of likely N-dealkylation sites (tertiary alicyclic amines) is 3. The molecule has 0 radical (unpaired) electrons. The van der Waals surface area contributed by atoms with Crippen molar-refractivity contribution in [3.8, 4) is 0 Å². The fourth-order valence-corrected chi connectivity index (χ4v) is 5.24. The van der Waals surface area contributed by atoms with Crippen molar-refractivity contribution in [1.29, 1.82) is 0 Å². The van der Waals surface area contributed by atoms with Crippen LogP contribution < -0.4 is 0 Å². The zero-order chi connectivity index (χ0) is 19.4. The van der Waals surface area contributed by atoms with E-state index < -0.39 is 0 Å². The van der Waals surface area contributed by atoms with Crippen LogP contribution in [0.1, 0.15) is 50.5 Å². The lowest BCUT2D eigenvalue weighted by molar-refractivity contribution is -0.141. The van der Waals surface area contributed by atoms with Crippen molar-refractivity contribution in [2.45, 2.75) is 56.9 Å². The summed E-state index contributed by atoms with van der Waals surface area (Å²) >= 11 is 0. The summed E-state index contributed by atoms with van der Waals surface area (Å²) in [6, 6.07) is 10.7. The second-order valence-electron chi connectivity index (χ2n) is 8.72. The number of carbonyl (C=O) groups excluding carboxylic acids is 2. The van der Waals surface area contributed by atoms with Gasteiger partial charge in [0.25, 0.3) is 0 Å². The molecule has 3 saturated heterocycles. The Morgan fingerprint density at radius 1 is 0.929 bits per heavy atom. The number of nitrogens with zero attached hydrogens (tertiary/aromatic N) is 3. The van der Waals surface area contributed by atoms with E-state index in [0.717, 1.165) is 77.7 Å². The molecule has 1 aromatic carbocycles. The predicted molar refractivity (Wildman–Crippen MR) is 110 cm³/mol. The number of rotatable bonds is 5. The van der Waals surface area contributed by atoms with Crippen LogP contribution in [0.15, 0.2) is 30.3 Å². The molecular weight excluding hydrogens is 350 g/mol. The van der Waals surface area contributed by atoms with Crippen LogP contribution >= 0.6 is 0 Å². The van der Waals surface area contributed by atoms with Gasteiger partial charge in [0.05, 0.1) is 0 Å². The number of amides is 2. The van der Waals surface area contributed by atoms with E-state index >= 15 is 0 Å². The Morgan fingerprint density at radius 2 is 1.71 bits per heavy atom. The van der Waals surface area contributed by atoms with Gasteiger partial charge in [0, 0.05) is 38.1 Å². The monoisotopic (exact) mass is 383 g/mol. The van der Waals surface area contributed by atoms with Crippen LogP contribution in [0.2, 0.25) is 0 Å². The van der Waals surface area contributed by atoms with Gasteiger partial charge in [0.15, 0.2) is 0 Å². The number of hydrogen-bond donors (Lipinski definition) is 0. The molecule has 3 fully saturated rings. The van der Waals surface area contributed by atoms with Gasteiger partial charge in [-0.15, -0.1) is 0 Å². The molecule has 1 atom stereocenters. The first-order valence-corrected chi connectivity index (χ1v) is 11.0. The molecule has 3 heterocycles. The maximum absolute atomic E-state index is 12.7. The largest absolute Gasteiger partial charge is 0.341 e. The van der Waals surface area contributed by atoms with Gasteiger partial charge in [-0.1, -0.05) is 30.3 Å². The van der Waals surface area contributed by atoms with Crippen molar-refractivity contribution >= 4 is 11.8 Å². The SMILES string of the molecule is O=C(CN1C(=O)CC[C@]12CCCN(CCc1ccccc1)CC2)N1CCCC1. The molecule has 5 nitrogen and oxygen atoms in total. The van der Waals surface area contributed by atoms with Crippen molar-refractivity contribution in [2.24, 2.45) is 0 Å². The maximum atomic E-state index is 12.7. The minimum atomic E-state index is -0.0893. The highest BCUT2D eigenvalue weighted by Crippen LogP contribution is 2.39. The van der Waals surface area contributed by atoms with Gasteiger partial charge in [0.2, 0.25) is 11.8 Å². The lowest BCUT2D eigenvalue weighted by Crippen LogP contribution is -2.51. The highest BCUT2D eigenvalue weighted by Gasteiger charge is 2.46. The molecule has 152 valence electrons. The van der Waals surface area contributed by atoms with Crippen molar-refractivity contribution in [3.05, 3.63) is 35.9 Å². The lowest BCUT2D eigenvalue weighted by Gasteiger charge is -2.38. The van der Waals surface area contributed by atoms with Crippen molar-refractivity contribution < 1.29 is 9.59 Å². The molecule has 3 aliphatic heterocycles. The average molecular weight is 384 g/mol. The molecule has 1 spiro atoms. The summed E-state index contributed by atoms with van der Waals surface area (Å²) in [6.07, 6.45) is 7.94. The van der Waals surface area contributed by atoms with Gasteiger partial charge >= 0.3 is 0 Å². The zero-order valence-corrected chi connectivity index (χ0v) is 16.9. The molecule has 0 aliphatic carbocycles. The molecule has 1 aromatic rings. The summed E-state index contributed by atoms with van der Waals surface area (Å²) in [5, 5.41) is 0. The van der Waals surface area contributed by atoms with Crippen LogP contribution in [-0.4, -0.2) is 71.3 Å². The smallest absolute Gasteiger partial charge is 0.242 e. The van der Waals surface area contributed by atoms with E-state index in [2.05, 4.69) is 35.2 Å². The van der Waals surface area contributed by atoms with Crippen LogP contribution in [-0.2, 0) is 16.0 Å². The molecule has 4 rings (SSSR count).